The average molecular weight is 290 g/mol. The van der Waals surface area contributed by atoms with E-state index in [4.69, 9.17) is 0 Å². The first kappa shape index (κ1) is 14.2. The summed E-state index contributed by atoms with van der Waals surface area (Å²) < 4.78 is 37.4. The molecule has 0 bridgehead atoms. The lowest BCUT2D eigenvalue weighted by atomic mass is 10.0. The molecule has 0 radical (unpaired) electrons. The van der Waals surface area contributed by atoms with Gasteiger partial charge in [-0.3, -0.25) is 0 Å². The molecule has 21 heavy (non-hydrogen) atoms. The summed E-state index contributed by atoms with van der Waals surface area (Å²) in [6, 6.07) is 16.0. The van der Waals surface area contributed by atoms with Gasteiger partial charge < -0.3 is 0 Å². The van der Waals surface area contributed by atoms with E-state index in [1.165, 1.54) is 24.1 Å². The molecule has 110 valence electrons. The van der Waals surface area contributed by atoms with Gasteiger partial charge >= 0.3 is 6.18 Å². The Morgan fingerprint density at radius 3 is 2.19 bits per heavy atom. The second kappa shape index (κ2) is 5.55. The van der Waals surface area contributed by atoms with Gasteiger partial charge in [-0.15, -0.1) is 0 Å². The Kier molecular flexibility index (Phi) is 3.75. The first-order chi connectivity index (χ1) is 10.0. The lowest BCUT2D eigenvalue weighted by molar-refractivity contribution is -0.137. The zero-order valence-corrected chi connectivity index (χ0v) is 11.6. The maximum absolute atomic E-state index is 12.5. The van der Waals surface area contributed by atoms with Crippen LogP contribution in [0.2, 0.25) is 0 Å². The second-order valence-electron chi connectivity index (χ2n) is 5.75. The Bertz CT molecular complexity index is 584. The molecule has 2 aromatic rings. The van der Waals surface area contributed by atoms with E-state index in [0.29, 0.717) is 11.8 Å². The molecular weight excluding hydrogens is 273 g/mol. The van der Waals surface area contributed by atoms with Gasteiger partial charge in [0.25, 0.3) is 0 Å². The van der Waals surface area contributed by atoms with Crippen LogP contribution in [0.25, 0.3) is 0 Å². The average Bonchev–Trinajstić information content (AvgIpc) is 3.25. The van der Waals surface area contributed by atoms with E-state index in [9.17, 15) is 13.2 Å². The van der Waals surface area contributed by atoms with Crippen molar-refractivity contribution in [3.05, 3.63) is 71.3 Å². The van der Waals surface area contributed by atoms with Gasteiger partial charge in [0.05, 0.1) is 5.56 Å². The molecule has 0 saturated heterocycles. The summed E-state index contributed by atoms with van der Waals surface area (Å²) in [6.45, 7) is 0. The van der Waals surface area contributed by atoms with Gasteiger partial charge in [0, 0.05) is 0 Å². The SMILES string of the molecule is FC(F)(F)c1ccc(CC[C@H]2CC2c2ccccc2)cc1. The monoisotopic (exact) mass is 290 g/mol. The van der Waals surface area contributed by atoms with Crippen molar-refractivity contribution in [3.63, 3.8) is 0 Å². The van der Waals surface area contributed by atoms with Gasteiger partial charge in [0.15, 0.2) is 0 Å². The lowest BCUT2D eigenvalue weighted by Gasteiger charge is -2.07. The van der Waals surface area contributed by atoms with E-state index < -0.39 is 11.7 Å². The molecule has 1 fully saturated rings. The number of rotatable bonds is 4. The van der Waals surface area contributed by atoms with Gasteiger partial charge in [0.2, 0.25) is 0 Å². The summed E-state index contributed by atoms with van der Waals surface area (Å²) in [7, 11) is 0. The highest BCUT2D eigenvalue weighted by atomic mass is 19.4. The summed E-state index contributed by atoms with van der Waals surface area (Å²) in [5.74, 6) is 1.32. The van der Waals surface area contributed by atoms with Gasteiger partial charge in [-0.25, -0.2) is 0 Å². The van der Waals surface area contributed by atoms with Crippen LogP contribution >= 0.6 is 0 Å². The molecule has 0 N–H and O–H groups in total. The fourth-order valence-electron chi connectivity index (χ4n) is 2.89. The zero-order chi connectivity index (χ0) is 14.9. The van der Waals surface area contributed by atoms with Crippen LogP contribution in [0, 0.1) is 5.92 Å². The van der Waals surface area contributed by atoms with E-state index in [-0.39, 0.29) is 0 Å². The number of halogens is 3. The summed E-state index contributed by atoms with van der Waals surface area (Å²) >= 11 is 0. The zero-order valence-electron chi connectivity index (χ0n) is 11.6. The number of benzene rings is 2. The highest BCUT2D eigenvalue weighted by Crippen LogP contribution is 2.49. The van der Waals surface area contributed by atoms with Gasteiger partial charge in [-0.2, -0.15) is 13.2 Å². The number of hydrogen-bond acceptors (Lipinski definition) is 0. The van der Waals surface area contributed by atoms with Crippen molar-refractivity contribution in [2.45, 2.75) is 31.4 Å². The minimum absolute atomic E-state index is 0.570. The molecule has 0 spiro atoms. The normalized spacial score (nSPS) is 21.3. The molecule has 1 aliphatic carbocycles. The van der Waals surface area contributed by atoms with Crippen molar-refractivity contribution in [1.82, 2.24) is 0 Å². The topological polar surface area (TPSA) is 0 Å². The molecular formula is C18H17F3. The van der Waals surface area contributed by atoms with Crippen LogP contribution < -0.4 is 0 Å². The predicted octanol–water partition coefficient (Wildman–Crippen LogP) is 5.44. The molecule has 1 aliphatic rings. The van der Waals surface area contributed by atoms with Crippen LogP contribution in [0.4, 0.5) is 13.2 Å². The molecule has 0 aliphatic heterocycles. The molecule has 0 aromatic heterocycles. The molecule has 2 atom stereocenters. The Hall–Kier alpha value is -1.77. The quantitative estimate of drug-likeness (QED) is 0.703. The van der Waals surface area contributed by atoms with Gasteiger partial charge in [0.1, 0.15) is 0 Å². The first-order valence-electron chi connectivity index (χ1n) is 7.25. The minimum atomic E-state index is -4.24. The van der Waals surface area contributed by atoms with E-state index in [1.54, 1.807) is 12.1 Å². The van der Waals surface area contributed by atoms with Crippen molar-refractivity contribution in [2.75, 3.05) is 0 Å². The smallest absolute Gasteiger partial charge is 0.166 e. The number of alkyl halides is 3. The summed E-state index contributed by atoms with van der Waals surface area (Å²) in [5, 5.41) is 0. The predicted molar refractivity (Wildman–Crippen MR) is 77.1 cm³/mol. The largest absolute Gasteiger partial charge is 0.416 e. The molecule has 0 nitrogen and oxygen atoms in total. The first-order valence-corrected chi connectivity index (χ1v) is 7.25. The van der Waals surface area contributed by atoms with Crippen molar-refractivity contribution >= 4 is 0 Å². The number of aryl methyl sites for hydroxylation is 1. The summed E-state index contributed by atoms with van der Waals surface area (Å²) in [4.78, 5) is 0. The Morgan fingerprint density at radius 2 is 1.57 bits per heavy atom. The van der Waals surface area contributed by atoms with Crippen LogP contribution in [0.5, 0.6) is 0 Å². The third-order valence-corrected chi connectivity index (χ3v) is 4.24. The standard InChI is InChI=1S/C18H17F3/c19-18(20,21)16-10-7-13(8-11-16)6-9-15-12-17(15)14-4-2-1-3-5-14/h1-5,7-8,10-11,15,17H,6,9,12H2/t15-,17?/m0/s1. The maximum atomic E-state index is 12.5. The third kappa shape index (κ3) is 3.46. The molecule has 1 unspecified atom stereocenters. The van der Waals surface area contributed by atoms with E-state index in [0.717, 1.165) is 18.4 Å². The molecule has 3 rings (SSSR count). The highest BCUT2D eigenvalue weighted by Gasteiger charge is 2.37. The third-order valence-electron chi connectivity index (χ3n) is 4.24. The van der Waals surface area contributed by atoms with Gasteiger partial charge in [-0.05, 0) is 54.4 Å². The fourth-order valence-corrected chi connectivity index (χ4v) is 2.89. The van der Waals surface area contributed by atoms with Crippen molar-refractivity contribution < 1.29 is 13.2 Å². The Balaban J connectivity index is 1.53. The van der Waals surface area contributed by atoms with Crippen LogP contribution in [0.1, 0.15) is 35.4 Å². The molecule has 1 saturated carbocycles. The van der Waals surface area contributed by atoms with E-state index in [2.05, 4.69) is 24.3 Å². The summed E-state index contributed by atoms with van der Waals surface area (Å²) in [6.07, 6.45) is -1.14. The summed E-state index contributed by atoms with van der Waals surface area (Å²) in [5.41, 5.74) is 1.80. The van der Waals surface area contributed by atoms with Gasteiger partial charge in [-0.1, -0.05) is 42.5 Å². The number of hydrogen-bond donors (Lipinski definition) is 0. The van der Waals surface area contributed by atoms with Crippen LogP contribution in [-0.2, 0) is 12.6 Å². The Morgan fingerprint density at radius 1 is 0.905 bits per heavy atom. The maximum Gasteiger partial charge on any atom is 0.416 e. The minimum Gasteiger partial charge on any atom is -0.166 e. The molecule has 0 amide bonds. The van der Waals surface area contributed by atoms with Crippen LogP contribution in [0.15, 0.2) is 54.6 Å². The Labute approximate surface area is 122 Å². The molecule has 0 heterocycles. The van der Waals surface area contributed by atoms with Crippen molar-refractivity contribution in [3.8, 4) is 0 Å². The van der Waals surface area contributed by atoms with Crippen LogP contribution in [0.3, 0.4) is 0 Å². The van der Waals surface area contributed by atoms with Crippen molar-refractivity contribution in [2.24, 2.45) is 5.92 Å². The molecule has 2 aromatic carbocycles. The van der Waals surface area contributed by atoms with Crippen molar-refractivity contribution in [1.29, 1.82) is 0 Å². The van der Waals surface area contributed by atoms with E-state index in [1.807, 2.05) is 6.07 Å². The molecule has 3 heteroatoms. The lowest BCUT2D eigenvalue weighted by Crippen LogP contribution is -2.04. The fraction of sp³-hybridized carbons (Fsp3) is 0.333. The van der Waals surface area contributed by atoms with Crippen LogP contribution in [-0.4, -0.2) is 0 Å². The van der Waals surface area contributed by atoms with E-state index >= 15 is 0 Å². The second-order valence-corrected chi connectivity index (χ2v) is 5.75. The highest BCUT2D eigenvalue weighted by molar-refractivity contribution is 5.27.